The number of nitrogens with zero attached hydrogens (tertiary/aromatic N) is 1. The zero-order valence-electron chi connectivity index (χ0n) is 6.70. The fourth-order valence-corrected chi connectivity index (χ4v) is 1.55. The van der Waals surface area contributed by atoms with Gasteiger partial charge in [-0.3, -0.25) is 4.98 Å². The second-order valence-corrected chi connectivity index (χ2v) is 3.27. The first-order valence-corrected chi connectivity index (χ1v) is 4.12. The van der Waals surface area contributed by atoms with Gasteiger partial charge < -0.3 is 5.73 Å². The largest absolute Gasteiger partial charge is 0.330 e. The van der Waals surface area contributed by atoms with Crippen molar-refractivity contribution in [3.63, 3.8) is 0 Å². The summed E-state index contributed by atoms with van der Waals surface area (Å²) in [5.74, 6) is 0.752. The van der Waals surface area contributed by atoms with Gasteiger partial charge in [-0.05, 0) is 36.4 Å². The van der Waals surface area contributed by atoms with Crippen molar-refractivity contribution in [3.05, 3.63) is 29.8 Å². The summed E-state index contributed by atoms with van der Waals surface area (Å²) in [4.78, 5) is 3.80. The summed E-state index contributed by atoms with van der Waals surface area (Å²) in [5, 5.41) is 0. The molecule has 1 saturated carbocycles. The van der Waals surface area contributed by atoms with Gasteiger partial charge in [0, 0.05) is 6.20 Å². The topological polar surface area (TPSA) is 38.9 Å². The van der Waals surface area contributed by atoms with Crippen molar-refractivity contribution in [2.75, 3.05) is 6.54 Å². The van der Waals surface area contributed by atoms with Gasteiger partial charge in [-0.1, -0.05) is 0 Å². The average Bonchev–Trinajstić information content (AvgIpc) is 2.83. The number of nitrogens with two attached hydrogens (primary N) is 1. The van der Waals surface area contributed by atoms with E-state index in [2.05, 4.69) is 4.98 Å². The summed E-state index contributed by atoms with van der Waals surface area (Å²) in [6.45, 7) is 0.696. The molecule has 2 N–H and O–H groups in total. The molecule has 0 radical (unpaired) electrons. The minimum atomic E-state index is -0.254. The van der Waals surface area contributed by atoms with E-state index in [1.165, 1.54) is 6.20 Å². The third-order valence-electron chi connectivity index (χ3n) is 2.38. The van der Waals surface area contributed by atoms with Crippen molar-refractivity contribution in [3.8, 4) is 0 Å². The van der Waals surface area contributed by atoms with E-state index in [1.54, 1.807) is 12.3 Å². The molecule has 1 aliphatic carbocycles. The van der Waals surface area contributed by atoms with E-state index in [1.807, 2.05) is 0 Å². The molecule has 1 aliphatic rings. The molecule has 1 fully saturated rings. The molecule has 12 heavy (non-hydrogen) atoms. The molecule has 1 heterocycles. The number of hydrogen-bond donors (Lipinski definition) is 1. The van der Waals surface area contributed by atoms with Crippen LogP contribution in [0.25, 0.3) is 0 Å². The van der Waals surface area contributed by atoms with Crippen molar-refractivity contribution in [1.29, 1.82) is 0 Å². The second kappa shape index (κ2) is 2.83. The SMILES string of the molecule is NC[C@@H]1C[C@H]1c1cncc(F)c1. The summed E-state index contributed by atoms with van der Waals surface area (Å²) in [7, 11) is 0. The van der Waals surface area contributed by atoms with Gasteiger partial charge in [0.2, 0.25) is 0 Å². The Morgan fingerprint density at radius 1 is 1.58 bits per heavy atom. The molecule has 0 amide bonds. The molecule has 1 aromatic heterocycles. The Morgan fingerprint density at radius 2 is 2.42 bits per heavy atom. The highest BCUT2D eigenvalue weighted by Gasteiger charge is 2.37. The van der Waals surface area contributed by atoms with Crippen LogP contribution in [0.4, 0.5) is 4.39 Å². The normalized spacial score (nSPS) is 27.2. The lowest BCUT2D eigenvalue weighted by atomic mass is 10.1. The maximum Gasteiger partial charge on any atom is 0.141 e. The number of aromatic nitrogens is 1. The van der Waals surface area contributed by atoms with E-state index in [4.69, 9.17) is 5.73 Å². The first kappa shape index (κ1) is 7.68. The first-order valence-electron chi connectivity index (χ1n) is 4.12. The van der Waals surface area contributed by atoms with Crippen LogP contribution in [0.1, 0.15) is 17.9 Å². The van der Waals surface area contributed by atoms with Crippen molar-refractivity contribution in [2.45, 2.75) is 12.3 Å². The number of halogens is 1. The molecule has 0 unspecified atom stereocenters. The number of pyridine rings is 1. The van der Waals surface area contributed by atoms with Crippen molar-refractivity contribution >= 4 is 0 Å². The van der Waals surface area contributed by atoms with E-state index in [0.717, 1.165) is 12.0 Å². The van der Waals surface area contributed by atoms with Gasteiger partial charge in [-0.15, -0.1) is 0 Å². The van der Waals surface area contributed by atoms with Crippen LogP contribution in [0.15, 0.2) is 18.5 Å². The highest BCUT2D eigenvalue weighted by atomic mass is 19.1. The van der Waals surface area contributed by atoms with Crippen molar-refractivity contribution in [2.24, 2.45) is 11.7 Å². The lowest BCUT2D eigenvalue weighted by molar-refractivity contribution is 0.617. The Balaban J connectivity index is 2.14. The molecule has 2 atom stereocenters. The average molecular weight is 166 g/mol. The molecule has 3 heteroatoms. The van der Waals surface area contributed by atoms with Crippen molar-refractivity contribution in [1.82, 2.24) is 4.98 Å². The summed E-state index contributed by atoms with van der Waals surface area (Å²) in [6, 6.07) is 1.55. The summed E-state index contributed by atoms with van der Waals surface area (Å²) in [6.07, 6.45) is 4.04. The maximum atomic E-state index is 12.7. The van der Waals surface area contributed by atoms with Crippen LogP contribution in [0.3, 0.4) is 0 Å². The fourth-order valence-electron chi connectivity index (χ4n) is 1.55. The quantitative estimate of drug-likeness (QED) is 0.718. The molecule has 0 spiro atoms. The highest BCUT2D eigenvalue weighted by molar-refractivity contribution is 5.23. The first-order chi connectivity index (χ1) is 5.81. The molecular formula is C9H11FN2. The molecule has 0 saturated heterocycles. The Bertz CT molecular complexity index is 288. The molecule has 0 aliphatic heterocycles. The predicted octanol–water partition coefficient (Wildman–Crippen LogP) is 1.28. The van der Waals surface area contributed by atoms with Gasteiger partial charge in [0.15, 0.2) is 0 Å². The smallest absolute Gasteiger partial charge is 0.141 e. The zero-order valence-corrected chi connectivity index (χ0v) is 6.70. The van der Waals surface area contributed by atoms with E-state index in [-0.39, 0.29) is 5.82 Å². The Labute approximate surface area is 70.6 Å². The van der Waals surface area contributed by atoms with Crippen LogP contribution < -0.4 is 5.73 Å². The Morgan fingerprint density at radius 3 is 3.00 bits per heavy atom. The molecule has 2 nitrogen and oxygen atoms in total. The highest BCUT2D eigenvalue weighted by Crippen LogP contribution is 2.46. The van der Waals surface area contributed by atoms with Crippen LogP contribution in [-0.4, -0.2) is 11.5 Å². The van der Waals surface area contributed by atoms with Crippen molar-refractivity contribution < 1.29 is 4.39 Å². The van der Waals surface area contributed by atoms with E-state index in [9.17, 15) is 4.39 Å². The maximum absolute atomic E-state index is 12.7. The van der Waals surface area contributed by atoms with Crippen LogP contribution in [0, 0.1) is 11.7 Å². The zero-order chi connectivity index (χ0) is 8.55. The minimum Gasteiger partial charge on any atom is -0.330 e. The summed E-state index contributed by atoms with van der Waals surface area (Å²) < 4.78 is 12.7. The molecule has 1 aromatic rings. The van der Waals surface area contributed by atoms with Gasteiger partial charge in [-0.2, -0.15) is 0 Å². The van der Waals surface area contributed by atoms with E-state index in [0.29, 0.717) is 18.4 Å². The summed E-state index contributed by atoms with van der Waals surface area (Å²) in [5.41, 5.74) is 6.48. The third-order valence-corrected chi connectivity index (χ3v) is 2.38. The van der Waals surface area contributed by atoms with Gasteiger partial charge in [0.25, 0.3) is 0 Å². The molecular weight excluding hydrogens is 155 g/mol. The second-order valence-electron chi connectivity index (χ2n) is 3.27. The van der Waals surface area contributed by atoms with Gasteiger partial charge in [0.1, 0.15) is 5.82 Å². The number of rotatable bonds is 2. The number of hydrogen-bond acceptors (Lipinski definition) is 2. The van der Waals surface area contributed by atoms with Crippen LogP contribution in [0.5, 0.6) is 0 Å². The van der Waals surface area contributed by atoms with Crippen LogP contribution in [0.2, 0.25) is 0 Å². The van der Waals surface area contributed by atoms with E-state index >= 15 is 0 Å². The third kappa shape index (κ3) is 1.32. The van der Waals surface area contributed by atoms with Crippen LogP contribution >= 0.6 is 0 Å². The lowest BCUT2D eigenvalue weighted by Gasteiger charge is -1.97. The predicted molar refractivity (Wildman–Crippen MR) is 44.1 cm³/mol. The minimum absolute atomic E-state index is 0.254. The molecule has 0 bridgehead atoms. The van der Waals surface area contributed by atoms with Gasteiger partial charge in [-0.25, -0.2) is 4.39 Å². The monoisotopic (exact) mass is 166 g/mol. The summed E-state index contributed by atoms with van der Waals surface area (Å²) >= 11 is 0. The molecule has 2 rings (SSSR count). The Kier molecular flexibility index (Phi) is 1.81. The standard InChI is InChI=1S/C9H11FN2/c10-8-1-7(4-12-5-8)9-2-6(9)3-11/h1,4-6,9H,2-3,11H2/t6-,9+/m0/s1. The van der Waals surface area contributed by atoms with Crippen LogP contribution in [-0.2, 0) is 0 Å². The fraction of sp³-hybridized carbons (Fsp3) is 0.444. The van der Waals surface area contributed by atoms with Gasteiger partial charge in [0.05, 0.1) is 6.20 Å². The Hall–Kier alpha value is -0.960. The molecule has 64 valence electrons. The molecule has 0 aromatic carbocycles. The van der Waals surface area contributed by atoms with E-state index < -0.39 is 0 Å². The lowest BCUT2D eigenvalue weighted by Crippen LogP contribution is -2.02. The van der Waals surface area contributed by atoms with Gasteiger partial charge >= 0.3 is 0 Å².